The average molecular weight is 478 g/mol. The van der Waals surface area contributed by atoms with Gasteiger partial charge in [0.1, 0.15) is 0 Å². The summed E-state index contributed by atoms with van der Waals surface area (Å²) < 4.78 is 1.19. The fourth-order valence-corrected chi connectivity index (χ4v) is 3.14. The highest BCUT2D eigenvalue weighted by atomic mass is 127. The van der Waals surface area contributed by atoms with E-state index in [1.165, 1.54) is 8.66 Å². The molecule has 110 valence electrons. The molecule has 0 unspecified atom stereocenters. The molecule has 0 amide bonds. The van der Waals surface area contributed by atoms with Crippen LogP contribution in [0.1, 0.15) is 11.8 Å². The molecule has 1 rings (SSSR count). The number of halogens is 2. The molecule has 0 spiro atoms. The van der Waals surface area contributed by atoms with Crippen molar-refractivity contribution in [2.45, 2.75) is 13.3 Å². The van der Waals surface area contributed by atoms with Gasteiger partial charge >= 0.3 is 0 Å². The summed E-state index contributed by atoms with van der Waals surface area (Å²) >= 11 is 7.09. The van der Waals surface area contributed by atoms with Crippen molar-refractivity contribution in [3.05, 3.63) is 20.8 Å². The molecule has 0 radical (unpaired) electrons. The summed E-state index contributed by atoms with van der Waals surface area (Å²) in [5, 5.41) is 6.62. The zero-order valence-corrected chi connectivity index (χ0v) is 16.8. The maximum atomic E-state index is 4.51. The van der Waals surface area contributed by atoms with Gasteiger partial charge in [-0.05, 0) is 47.7 Å². The van der Waals surface area contributed by atoms with Gasteiger partial charge < -0.3 is 10.6 Å². The van der Waals surface area contributed by atoms with E-state index in [1.807, 2.05) is 11.8 Å². The van der Waals surface area contributed by atoms with E-state index in [2.05, 4.69) is 56.9 Å². The number of nitrogens with zero attached hydrogens (tertiary/aromatic N) is 1. The average Bonchev–Trinajstić information content (AvgIpc) is 2.75. The number of thiophene rings is 1. The SMILES string of the molecule is CCNC(=NCCSC)NCCc1ccc(Br)s1.I. The highest BCUT2D eigenvalue weighted by molar-refractivity contribution is 14.0. The predicted octanol–water partition coefficient (Wildman–Crippen LogP) is 3.59. The van der Waals surface area contributed by atoms with Gasteiger partial charge in [-0.3, -0.25) is 4.99 Å². The molecule has 0 saturated heterocycles. The molecule has 0 fully saturated rings. The normalized spacial score (nSPS) is 11.0. The van der Waals surface area contributed by atoms with Crippen molar-refractivity contribution in [3.8, 4) is 0 Å². The van der Waals surface area contributed by atoms with Crippen molar-refractivity contribution in [1.82, 2.24) is 10.6 Å². The molecule has 3 nitrogen and oxygen atoms in total. The van der Waals surface area contributed by atoms with Crippen LogP contribution in [0.2, 0.25) is 0 Å². The molecule has 0 aliphatic carbocycles. The maximum absolute atomic E-state index is 4.51. The summed E-state index contributed by atoms with van der Waals surface area (Å²) in [6, 6.07) is 4.26. The predicted molar refractivity (Wildman–Crippen MR) is 104 cm³/mol. The summed E-state index contributed by atoms with van der Waals surface area (Å²) in [6.45, 7) is 4.76. The fraction of sp³-hybridized carbons (Fsp3) is 0.583. The van der Waals surface area contributed by atoms with E-state index in [4.69, 9.17) is 0 Å². The van der Waals surface area contributed by atoms with E-state index in [9.17, 15) is 0 Å². The van der Waals surface area contributed by atoms with Crippen molar-refractivity contribution < 1.29 is 0 Å². The van der Waals surface area contributed by atoms with Crippen LogP contribution in [0.5, 0.6) is 0 Å². The Hall–Kier alpha value is 0.530. The van der Waals surface area contributed by atoms with Crippen LogP contribution in [0.4, 0.5) is 0 Å². The van der Waals surface area contributed by atoms with Crippen molar-refractivity contribution in [1.29, 1.82) is 0 Å². The van der Waals surface area contributed by atoms with Crippen LogP contribution in [-0.4, -0.2) is 37.6 Å². The second kappa shape index (κ2) is 12.3. The Morgan fingerprint density at radius 3 is 2.79 bits per heavy atom. The largest absolute Gasteiger partial charge is 0.357 e. The number of hydrogen-bond acceptors (Lipinski definition) is 3. The van der Waals surface area contributed by atoms with E-state index in [1.54, 1.807) is 11.3 Å². The lowest BCUT2D eigenvalue weighted by molar-refractivity contribution is 0.809. The van der Waals surface area contributed by atoms with Crippen molar-refractivity contribution in [2.24, 2.45) is 4.99 Å². The minimum absolute atomic E-state index is 0. The molecule has 19 heavy (non-hydrogen) atoms. The molecule has 0 bridgehead atoms. The third-order valence-electron chi connectivity index (χ3n) is 2.20. The first-order valence-electron chi connectivity index (χ1n) is 6.01. The topological polar surface area (TPSA) is 36.4 Å². The van der Waals surface area contributed by atoms with Gasteiger partial charge in [-0.1, -0.05) is 0 Å². The molecule has 0 saturated carbocycles. The molecule has 1 aromatic rings. The quantitative estimate of drug-likeness (QED) is 0.272. The lowest BCUT2D eigenvalue weighted by Gasteiger charge is -2.10. The van der Waals surface area contributed by atoms with Crippen molar-refractivity contribution in [3.63, 3.8) is 0 Å². The van der Waals surface area contributed by atoms with Crippen LogP contribution < -0.4 is 10.6 Å². The second-order valence-corrected chi connectivity index (χ2v) is 7.17. The lowest BCUT2D eigenvalue weighted by Crippen LogP contribution is -2.38. The molecular formula is C12H21BrIN3S2. The Morgan fingerprint density at radius 1 is 1.42 bits per heavy atom. The van der Waals surface area contributed by atoms with Crippen molar-refractivity contribution in [2.75, 3.05) is 31.6 Å². The minimum Gasteiger partial charge on any atom is -0.357 e. The Balaban J connectivity index is 0.00000324. The highest BCUT2D eigenvalue weighted by Gasteiger charge is 1.99. The Morgan fingerprint density at radius 2 is 2.21 bits per heavy atom. The van der Waals surface area contributed by atoms with Crippen LogP contribution in [-0.2, 0) is 6.42 Å². The Bertz CT molecular complexity index is 372. The summed E-state index contributed by atoms with van der Waals surface area (Å²) in [5.74, 6) is 1.98. The second-order valence-electron chi connectivity index (χ2n) is 3.64. The van der Waals surface area contributed by atoms with Crippen molar-refractivity contribution >= 4 is 69.0 Å². The zero-order valence-electron chi connectivity index (χ0n) is 11.2. The molecule has 0 aliphatic heterocycles. The third-order valence-corrected chi connectivity index (χ3v) is 4.48. The van der Waals surface area contributed by atoms with Crippen LogP contribution in [0.25, 0.3) is 0 Å². The molecule has 0 aromatic carbocycles. The number of nitrogens with one attached hydrogen (secondary N) is 2. The Kier molecular flexibility index (Phi) is 12.6. The van der Waals surface area contributed by atoms with Gasteiger partial charge in [-0.25, -0.2) is 0 Å². The van der Waals surface area contributed by atoms with E-state index >= 15 is 0 Å². The number of aliphatic imine (C=N–C) groups is 1. The smallest absolute Gasteiger partial charge is 0.191 e. The first kappa shape index (κ1) is 19.5. The first-order valence-corrected chi connectivity index (χ1v) is 9.02. The molecule has 1 heterocycles. The number of thioether (sulfide) groups is 1. The Labute approximate surface area is 149 Å². The van der Waals surface area contributed by atoms with Gasteiger partial charge in [-0.15, -0.1) is 35.3 Å². The summed E-state index contributed by atoms with van der Waals surface area (Å²) in [4.78, 5) is 5.89. The van der Waals surface area contributed by atoms with Crippen LogP contribution in [0.3, 0.4) is 0 Å². The monoisotopic (exact) mass is 477 g/mol. The van der Waals surface area contributed by atoms with E-state index in [0.29, 0.717) is 0 Å². The van der Waals surface area contributed by atoms with Gasteiger partial charge in [0.15, 0.2) is 5.96 Å². The van der Waals surface area contributed by atoms with Crippen LogP contribution in [0.15, 0.2) is 20.9 Å². The molecule has 0 aliphatic rings. The first-order chi connectivity index (χ1) is 8.76. The number of guanidine groups is 1. The summed E-state index contributed by atoms with van der Waals surface area (Å²) in [7, 11) is 0. The lowest BCUT2D eigenvalue weighted by atomic mass is 10.3. The van der Waals surface area contributed by atoms with Gasteiger partial charge in [-0.2, -0.15) is 11.8 Å². The van der Waals surface area contributed by atoms with E-state index in [-0.39, 0.29) is 24.0 Å². The van der Waals surface area contributed by atoms with Gasteiger partial charge in [0.05, 0.1) is 10.3 Å². The standard InChI is InChI=1S/C12H20BrN3S2.HI/c1-3-14-12(16-8-9-17-2)15-7-6-10-4-5-11(13)18-10;/h4-5H,3,6-9H2,1-2H3,(H2,14,15,16);1H. The van der Waals surface area contributed by atoms with E-state index in [0.717, 1.165) is 37.8 Å². The van der Waals surface area contributed by atoms with Gasteiger partial charge in [0, 0.05) is 23.7 Å². The van der Waals surface area contributed by atoms with Crippen LogP contribution in [0, 0.1) is 0 Å². The number of hydrogen-bond donors (Lipinski definition) is 2. The zero-order chi connectivity index (χ0) is 13.2. The number of rotatable bonds is 7. The van der Waals surface area contributed by atoms with Crippen LogP contribution >= 0.6 is 63.0 Å². The van der Waals surface area contributed by atoms with Gasteiger partial charge in [0.25, 0.3) is 0 Å². The molecule has 2 N–H and O–H groups in total. The molecule has 0 atom stereocenters. The molecule has 1 aromatic heterocycles. The van der Waals surface area contributed by atoms with E-state index < -0.39 is 0 Å². The van der Waals surface area contributed by atoms with Gasteiger partial charge in [0.2, 0.25) is 0 Å². The summed E-state index contributed by atoms with van der Waals surface area (Å²) in [5.41, 5.74) is 0. The summed E-state index contributed by atoms with van der Waals surface area (Å²) in [6.07, 6.45) is 3.13. The molecular weight excluding hydrogens is 457 g/mol. The molecule has 7 heteroatoms. The fourth-order valence-electron chi connectivity index (χ4n) is 1.38. The highest BCUT2D eigenvalue weighted by Crippen LogP contribution is 2.21. The third kappa shape index (κ3) is 9.14. The minimum atomic E-state index is 0. The maximum Gasteiger partial charge on any atom is 0.191 e.